The third-order valence-corrected chi connectivity index (χ3v) is 17.3. The third-order valence-electron chi connectivity index (χ3n) is 17.3. The van der Waals surface area contributed by atoms with Crippen molar-refractivity contribution < 1.29 is 52.1 Å². The molecule has 6 N–H and O–H groups in total. The molecule has 0 radical (unpaired) electrons. The number of carbonyl (C=O) groups is 5. The van der Waals surface area contributed by atoms with Gasteiger partial charge in [-0.1, -0.05) is 0 Å². The maximum absolute atomic E-state index is 14.2. The molecule has 0 unspecified atom stereocenters. The largest absolute Gasteiger partial charge is 0.462 e. The summed E-state index contributed by atoms with van der Waals surface area (Å²) in [5, 5.41) is 21.9. The molecule has 0 spiro atoms. The van der Waals surface area contributed by atoms with Gasteiger partial charge in [-0.25, -0.2) is 0 Å². The van der Waals surface area contributed by atoms with Crippen LogP contribution in [0.4, 0.5) is 0 Å². The number of nitrogens with zero attached hydrogens (tertiary/aromatic N) is 2. The fraction of sp³-hybridized carbons (Fsp3) is 0.922. The summed E-state index contributed by atoms with van der Waals surface area (Å²) in [5.74, 6) is -1.42. The summed E-state index contributed by atoms with van der Waals surface area (Å²) >= 11 is 0. The average Bonchev–Trinajstić information content (AvgIpc) is 3.46. The molecule has 0 aromatic heterocycles. The smallest absolute Gasteiger partial charge is 0.311 e. The molecule has 0 atom stereocenters. The standard InChI is InChI=1S/C64H119N8O10/c1-55(2)35-45(36-56(3,4)66-55)78-50(73)21-26-65-27-33-72(31-24-53(76)81-48-41-61(13,14)69-62(15,16)42-48,32-25-54(77)82-49-43-63(17,18)70-64(19,20)44-49)34-30-71(28-22-51(74)79-46-37-57(5,6)67-58(7,8)38-46)29-23-52(75)80-47-39-59(9,10)68-60(11,12)40-47/h45-49,65-70H,21-44H2,1-20H3/q+1. The fourth-order valence-electron chi connectivity index (χ4n) is 15.9. The summed E-state index contributed by atoms with van der Waals surface area (Å²) in [5.41, 5.74) is -2.08. The maximum atomic E-state index is 14.2. The van der Waals surface area contributed by atoms with Crippen LogP contribution in [0.3, 0.4) is 0 Å². The first-order valence-electron chi connectivity index (χ1n) is 31.5. The molecule has 5 fully saturated rings. The van der Waals surface area contributed by atoms with Gasteiger partial charge in [0.05, 0.1) is 58.3 Å². The normalized spacial score (nSPS) is 24.9. The number of hydrogen-bond donors (Lipinski definition) is 6. The highest BCUT2D eigenvalue weighted by Gasteiger charge is 2.45. The molecule has 0 aliphatic carbocycles. The molecule has 5 aliphatic rings. The highest BCUT2D eigenvalue weighted by Crippen LogP contribution is 2.35. The van der Waals surface area contributed by atoms with Crippen LogP contribution >= 0.6 is 0 Å². The molecule has 5 heterocycles. The topological polar surface area (TPSA) is 207 Å². The average molecular weight is 1160 g/mol. The van der Waals surface area contributed by atoms with E-state index < -0.39 is 0 Å². The van der Waals surface area contributed by atoms with E-state index >= 15 is 0 Å². The maximum Gasteiger partial charge on any atom is 0.311 e. The van der Waals surface area contributed by atoms with Gasteiger partial charge in [-0.05, 0) is 138 Å². The Morgan fingerprint density at radius 1 is 0.329 bits per heavy atom. The van der Waals surface area contributed by atoms with Crippen LogP contribution < -0.4 is 31.9 Å². The van der Waals surface area contributed by atoms with Crippen LogP contribution in [0.25, 0.3) is 0 Å². The Hall–Kier alpha value is -2.97. The van der Waals surface area contributed by atoms with Crippen LogP contribution in [0.2, 0.25) is 0 Å². The highest BCUT2D eigenvalue weighted by atomic mass is 16.6. The van der Waals surface area contributed by atoms with E-state index in [2.05, 4.69) is 175 Å². The van der Waals surface area contributed by atoms with E-state index in [0.717, 1.165) is 12.8 Å². The minimum atomic E-state index is -0.293. The molecule has 18 nitrogen and oxygen atoms in total. The van der Waals surface area contributed by atoms with Gasteiger partial charge < -0.3 is 60.1 Å². The first kappa shape index (κ1) is 69.8. The Kier molecular flexibility index (Phi) is 23.0. The van der Waals surface area contributed by atoms with E-state index in [-0.39, 0.29) is 148 Å². The molecule has 5 rings (SSSR count). The van der Waals surface area contributed by atoms with Gasteiger partial charge in [-0.2, -0.15) is 0 Å². The zero-order chi connectivity index (χ0) is 61.6. The number of piperidine rings is 5. The number of quaternary nitrogens is 1. The van der Waals surface area contributed by atoms with Crippen molar-refractivity contribution in [3.63, 3.8) is 0 Å². The van der Waals surface area contributed by atoms with Gasteiger partial charge in [0.15, 0.2) is 0 Å². The van der Waals surface area contributed by atoms with Crippen molar-refractivity contribution >= 4 is 29.8 Å². The van der Waals surface area contributed by atoms with E-state index in [1.54, 1.807) is 0 Å². The first-order valence-corrected chi connectivity index (χ1v) is 31.5. The summed E-state index contributed by atoms with van der Waals surface area (Å²) in [6.45, 7) is 46.4. The third kappa shape index (κ3) is 24.8. The molecule has 474 valence electrons. The summed E-state index contributed by atoms with van der Waals surface area (Å²) in [6, 6.07) is 0. The molecular weight excluding hydrogens is 1040 g/mol. The zero-order valence-corrected chi connectivity index (χ0v) is 55.3. The predicted molar refractivity (Wildman–Crippen MR) is 324 cm³/mol. The lowest BCUT2D eigenvalue weighted by Crippen LogP contribution is -2.60. The zero-order valence-electron chi connectivity index (χ0n) is 55.3. The lowest BCUT2D eigenvalue weighted by molar-refractivity contribution is -0.925. The first-order chi connectivity index (χ1) is 37.3. The van der Waals surface area contributed by atoms with Crippen LogP contribution in [0, 0.1) is 0 Å². The molecule has 5 saturated heterocycles. The molecule has 5 aliphatic heterocycles. The minimum Gasteiger partial charge on any atom is -0.462 e. The predicted octanol–water partition coefficient (Wildman–Crippen LogP) is 7.91. The van der Waals surface area contributed by atoms with Gasteiger partial charge in [-0.15, -0.1) is 0 Å². The summed E-state index contributed by atoms with van der Waals surface area (Å²) < 4.78 is 31.5. The van der Waals surface area contributed by atoms with E-state index in [1.165, 1.54) is 0 Å². The van der Waals surface area contributed by atoms with Crippen LogP contribution in [0.5, 0.6) is 0 Å². The number of esters is 5. The highest BCUT2D eigenvalue weighted by molar-refractivity contribution is 5.71. The number of rotatable bonds is 26. The van der Waals surface area contributed by atoms with Crippen LogP contribution in [-0.2, 0) is 47.7 Å². The molecular formula is C64H119N8O10+. The number of hydrogen-bond acceptors (Lipinski definition) is 17. The number of ether oxygens (including phenoxy) is 5. The van der Waals surface area contributed by atoms with Gasteiger partial charge in [0.25, 0.3) is 0 Å². The Morgan fingerprint density at radius 3 is 0.817 bits per heavy atom. The lowest BCUT2D eigenvalue weighted by atomic mass is 9.81. The summed E-state index contributed by atoms with van der Waals surface area (Å²) in [7, 11) is 0. The Morgan fingerprint density at radius 2 is 0.561 bits per heavy atom. The van der Waals surface area contributed by atoms with Crippen LogP contribution in [0.15, 0.2) is 0 Å². The molecule has 0 bridgehead atoms. The summed E-state index contributed by atoms with van der Waals surface area (Å²) in [4.78, 5) is 71.8. The van der Waals surface area contributed by atoms with Crippen molar-refractivity contribution in [3.05, 3.63) is 0 Å². The van der Waals surface area contributed by atoms with Crippen molar-refractivity contribution in [2.45, 2.75) is 321 Å². The van der Waals surface area contributed by atoms with E-state index in [4.69, 9.17) is 23.7 Å². The van der Waals surface area contributed by atoms with Gasteiger partial charge in [0.2, 0.25) is 0 Å². The van der Waals surface area contributed by atoms with Gasteiger partial charge in [0, 0.05) is 152 Å². The molecule has 18 heteroatoms. The van der Waals surface area contributed by atoms with Gasteiger partial charge in [-0.3, -0.25) is 28.9 Å². The SMILES string of the molecule is CC1(C)CC(OC(=O)CCNCC[N+](CCC(=O)OC2CC(C)(C)NC(C)(C)C2)(CCC(=O)OC2CC(C)(C)NC(C)(C)C2)CCN(CCC(=O)OC2CC(C)(C)NC(C)(C)C2)CCC(=O)OC2CC(C)(C)NC(C)(C)C2)CC(C)(C)N1. The second-order valence-corrected chi connectivity index (χ2v) is 32.6. The Balaban J connectivity index is 1.40. The molecule has 0 amide bonds. The van der Waals surface area contributed by atoms with Crippen molar-refractivity contribution in [2.24, 2.45) is 0 Å². The van der Waals surface area contributed by atoms with Crippen molar-refractivity contribution in [1.82, 2.24) is 36.8 Å². The van der Waals surface area contributed by atoms with Crippen molar-refractivity contribution in [1.29, 1.82) is 0 Å². The minimum absolute atomic E-state index is 0.107. The van der Waals surface area contributed by atoms with Crippen molar-refractivity contribution in [3.8, 4) is 0 Å². The van der Waals surface area contributed by atoms with E-state index in [1.807, 2.05) is 0 Å². The molecule has 0 aromatic carbocycles. The van der Waals surface area contributed by atoms with E-state index in [9.17, 15) is 24.0 Å². The molecule has 0 saturated carbocycles. The Labute approximate surface area is 496 Å². The quantitative estimate of drug-likeness (QED) is 0.0211. The second kappa shape index (κ2) is 27.0. The number of carbonyl (C=O) groups excluding carboxylic acids is 5. The van der Waals surface area contributed by atoms with Crippen LogP contribution in [-0.4, -0.2) is 184 Å². The van der Waals surface area contributed by atoms with Crippen molar-refractivity contribution in [2.75, 3.05) is 58.9 Å². The monoisotopic (exact) mass is 1160 g/mol. The molecule has 82 heavy (non-hydrogen) atoms. The van der Waals surface area contributed by atoms with Gasteiger partial charge in [0.1, 0.15) is 30.5 Å². The van der Waals surface area contributed by atoms with Crippen LogP contribution in [0.1, 0.15) is 235 Å². The fourth-order valence-corrected chi connectivity index (χ4v) is 15.9. The lowest BCUT2D eigenvalue weighted by Gasteiger charge is -2.46. The van der Waals surface area contributed by atoms with Gasteiger partial charge >= 0.3 is 29.8 Å². The number of nitrogens with one attached hydrogen (secondary N) is 6. The summed E-state index contributed by atoms with van der Waals surface area (Å²) in [6.07, 6.45) is 6.36. The van der Waals surface area contributed by atoms with E-state index in [0.29, 0.717) is 115 Å². The Bertz CT molecular complexity index is 1980. The molecule has 0 aromatic rings. The second-order valence-electron chi connectivity index (χ2n) is 32.6.